The standard InChI is InChI=1S/C20H21F2N7O/c1-27-9-13(17(22)26-27)18-24-15-16(14(21)6-23-19(15)25-18)28-7-11-4-5-12(8-28)29(11)20(30)10-2-3-10/h6,9-12H,2-5,7-8H2,1H3,(H,23,24,25). The van der Waals surface area contributed by atoms with E-state index in [1.807, 2.05) is 9.80 Å². The number of pyridine rings is 1. The lowest BCUT2D eigenvalue weighted by Crippen LogP contribution is -2.56. The topological polar surface area (TPSA) is 82.9 Å². The summed E-state index contributed by atoms with van der Waals surface area (Å²) in [5, 5.41) is 3.71. The lowest BCUT2D eigenvalue weighted by Gasteiger charge is -2.42. The Morgan fingerprint density at radius 2 is 1.90 bits per heavy atom. The van der Waals surface area contributed by atoms with Crippen molar-refractivity contribution in [3.63, 3.8) is 0 Å². The molecule has 8 nitrogen and oxygen atoms in total. The van der Waals surface area contributed by atoms with E-state index in [1.54, 1.807) is 7.05 Å². The van der Waals surface area contributed by atoms with E-state index in [0.29, 0.717) is 29.9 Å². The molecular formula is C20H21F2N7O. The molecule has 3 aromatic heterocycles. The zero-order chi connectivity index (χ0) is 20.6. The number of aromatic amines is 1. The highest BCUT2D eigenvalue weighted by Gasteiger charge is 2.47. The summed E-state index contributed by atoms with van der Waals surface area (Å²) in [5.74, 6) is -0.387. The minimum atomic E-state index is -0.649. The smallest absolute Gasteiger partial charge is 0.243 e. The highest BCUT2D eigenvalue weighted by molar-refractivity contribution is 5.89. The summed E-state index contributed by atoms with van der Waals surface area (Å²) in [6, 6.07) is 0.190. The summed E-state index contributed by atoms with van der Waals surface area (Å²) in [4.78, 5) is 28.2. The van der Waals surface area contributed by atoms with Gasteiger partial charge in [0, 0.05) is 44.3 Å². The molecule has 0 spiro atoms. The number of imidazole rings is 1. The number of nitrogens with zero attached hydrogens (tertiary/aromatic N) is 6. The van der Waals surface area contributed by atoms with Crippen molar-refractivity contribution in [3.05, 3.63) is 24.2 Å². The molecule has 3 aliphatic rings. The molecule has 6 rings (SSSR count). The van der Waals surface area contributed by atoms with E-state index in [1.165, 1.54) is 10.9 Å². The summed E-state index contributed by atoms with van der Waals surface area (Å²) in [7, 11) is 1.62. The molecular weight excluding hydrogens is 392 g/mol. The minimum Gasteiger partial charge on any atom is -0.363 e. The Balaban J connectivity index is 1.37. The van der Waals surface area contributed by atoms with Crippen LogP contribution in [0.25, 0.3) is 22.6 Å². The van der Waals surface area contributed by atoms with Crippen molar-refractivity contribution >= 4 is 22.8 Å². The monoisotopic (exact) mass is 413 g/mol. The largest absolute Gasteiger partial charge is 0.363 e. The molecule has 2 unspecified atom stereocenters. The first kappa shape index (κ1) is 17.8. The van der Waals surface area contributed by atoms with Crippen LogP contribution in [0.5, 0.6) is 0 Å². The average Bonchev–Trinajstić information content (AvgIpc) is 3.31. The number of carbonyl (C=O) groups excluding carboxylic acids is 1. The third-order valence-corrected chi connectivity index (χ3v) is 6.47. The van der Waals surface area contributed by atoms with E-state index >= 15 is 0 Å². The number of hydrogen-bond acceptors (Lipinski definition) is 5. The molecule has 1 N–H and O–H groups in total. The number of H-pyrrole nitrogens is 1. The summed E-state index contributed by atoms with van der Waals surface area (Å²) >= 11 is 0. The Bertz CT molecular complexity index is 1150. The van der Waals surface area contributed by atoms with Gasteiger partial charge in [0.1, 0.15) is 17.0 Å². The van der Waals surface area contributed by atoms with Gasteiger partial charge in [0.15, 0.2) is 11.5 Å². The van der Waals surface area contributed by atoms with Crippen LogP contribution in [0.4, 0.5) is 14.5 Å². The lowest BCUT2D eigenvalue weighted by atomic mass is 10.1. The Kier molecular flexibility index (Phi) is 3.69. The third kappa shape index (κ3) is 2.62. The van der Waals surface area contributed by atoms with Crippen molar-refractivity contribution in [3.8, 4) is 11.4 Å². The molecule has 1 saturated carbocycles. The first-order valence-corrected chi connectivity index (χ1v) is 10.3. The molecule has 30 heavy (non-hydrogen) atoms. The average molecular weight is 413 g/mol. The molecule has 10 heteroatoms. The fourth-order valence-electron chi connectivity index (χ4n) is 4.96. The predicted molar refractivity (Wildman–Crippen MR) is 105 cm³/mol. The number of anilines is 1. The summed E-state index contributed by atoms with van der Waals surface area (Å²) in [6.07, 6.45) is 6.52. The van der Waals surface area contributed by atoms with Crippen LogP contribution in [0.1, 0.15) is 25.7 Å². The van der Waals surface area contributed by atoms with Gasteiger partial charge in [-0.3, -0.25) is 9.48 Å². The van der Waals surface area contributed by atoms with Crippen molar-refractivity contribution in [1.29, 1.82) is 0 Å². The normalized spacial score (nSPS) is 23.6. The molecule has 0 aromatic carbocycles. The van der Waals surface area contributed by atoms with Crippen LogP contribution in [0, 0.1) is 17.7 Å². The van der Waals surface area contributed by atoms with Crippen LogP contribution in [0.3, 0.4) is 0 Å². The van der Waals surface area contributed by atoms with E-state index in [9.17, 15) is 13.6 Å². The summed E-state index contributed by atoms with van der Waals surface area (Å²) in [6.45, 7) is 1.14. The van der Waals surface area contributed by atoms with Crippen LogP contribution in [0.15, 0.2) is 12.4 Å². The zero-order valence-corrected chi connectivity index (χ0v) is 16.5. The van der Waals surface area contributed by atoms with Crippen molar-refractivity contribution in [2.24, 2.45) is 13.0 Å². The Morgan fingerprint density at radius 3 is 2.53 bits per heavy atom. The Hall–Kier alpha value is -3.04. The second-order valence-electron chi connectivity index (χ2n) is 8.56. The lowest BCUT2D eigenvalue weighted by molar-refractivity contribution is -0.135. The molecule has 5 heterocycles. The minimum absolute atomic E-state index is 0.0950. The number of carbonyl (C=O) groups is 1. The quantitative estimate of drug-likeness (QED) is 0.712. The Labute approximate surface area is 170 Å². The number of halogens is 2. The summed E-state index contributed by atoms with van der Waals surface area (Å²) in [5.41, 5.74) is 1.36. The predicted octanol–water partition coefficient (Wildman–Crippen LogP) is 2.23. The molecule has 1 amide bonds. The van der Waals surface area contributed by atoms with Crippen LogP contribution in [-0.4, -0.2) is 60.7 Å². The van der Waals surface area contributed by atoms with Gasteiger partial charge in [0.05, 0.1) is 11.8 Å². The van der Waals surface area contributed by atoms with Gasteiger partial charge in [0.25, 0.3) is 0 Å². The molecule has 2 atom stereocenters. The van der Waals surface area contributed by atoms with Crippen molar-refractivity contribution in [2.75, 3.05) is 18.0 Å². The molecule has 2 bridgehead atoms. The molecule has 2 aliphatic heterocycles. The fourth-order valence-corrected chi connectivity index (χ4v) is 4.96. The van der Waals surface area contributed by atoms with Crippen LogP contribution < -0.4 is 4.90 Å². The van der Waals surface area contributed by atoms with E-state index in [0.717, 1.165) is 31.9 Å². The number of nitrogens with one attached hydrogen (secondary N) is 1. The number of amides is 1. The number of aryl methyl sites for hydroxylation is 1. The zero-order valence-electron chi connectivity index (χ0n) is 16.5. The van der Waals surface area contributed by atoms with Gasteiger partial charge >= 0.3 is 0 Å². The van der Waals surface area contributed by atoms with Gasteiger partial charge in [-0.2, -0.15) is 4.39 Å². The van der Waals surface area contributed by atoms with E-state index in [-0.39, 0.29) is 35.3 Å². The number of aromatic nitrogens is 5. The van der Waals surface area contributed by atoms with Crippen molar-refractivity contribution in [1.82, 2.24) is 29.6 Å². The van der Waals surface area contributed by atoms with Crippen LogP contribution >= 0.6 is 0 Å². The second-order valence-corrected chi connectivity index (χ2v) is 8.56. The van der Waals surface area contributed by atoms with Crippen LogP contribution in [-0.2, 0) is 11.8 Å². The molecule has 1 aliphatic carbocycles. The van der Waals surface area contributed by atoms with Gasteiger partial charge in [-0.25, -0.2) is 14.4 Å². The number of hydrogen-bond donors (Lipinski definition) is 1. The van der Waals surface area contributed by atoms with E-state index < -0.39 is 11.8 Å². The first-order chi connectivity index (χ1) is 14.5. The fraction of sp³-hybridized carbons (Fsp3) is 0.500. The second kappa shape index (κ2) is 6.23. The van der Waals surface area contributed by atoms with Gasteiger partial charge < -0.3 is 14.8 Å². The molecule has 2 saturated heterocycles. The van der Waals surface area contributed by atoms with E-state index in [2.05, 4.69) is 20.1 Å². The third-order valence-electron chi connectivity index (χ3n) is 6.47. The van der Waals surface area contributed by atoms with Gasteiger partial charge in [-0.05, 0) is 25.7 Å². The molecule has 156 valence electrons. The van der Waals surface area contributed by atoms with Gasteiger partial charge in [-0.1, -0.05) is 0 Å². The maximum Gasteiger partial charge on any atom is 0.243 e. The maximum absolute atomic E-state index is 14.9. The highest BCUT2D eigenvalue weighted by Crippen LogP contribution is 2.40. The molecule has 3 fully saturated rings. The summed E-state index contributed by atoms with van der Waals surface area (Å²) < 4.78 is 30.4. The van der Waals surface area contributed by atoms with Crippen molar-refractivity contribution in [2.45, 2.75) is 37.8 Å². The van der Waals surface area contributed by atoms with Gasteiger partial charge in [0.2, 0.25) is 11.9 Å². The van der Waals surface area contributed by atoms with Gasteiger partial charge in [-0.15, -0.1) is 5.10 Å². The van der Waals surface area contributed by atoms with Crippen LogP contribution in [0.2, 0.25) is 0 Å². The SMILES string of the molecule is Cn1cc(-c2nc3ncc(F)c(N4CC5CCC(C4)N5C(=O)C4CC4)c3[nH]2)c(F)n1. The molecule has 3 aromatic rings. The van der Waals surface area contributed by atoms with Crippen molar-refractivity contribution < 1.29 is 13.6 Å². The number of piperazine rings is 1. The Morgan fingerprint density at radius 1 is 1.17 bits per heavy atom. The highest BCUT2D eigenvalue weighted by atomic mass is 19.1. The number of fused-ring (bicyclic) bond motifs is 3. The molecule has 0 radical (unpaired) electrons. The first-order valence-electron chi connectivity index (χ1n) is 10.3. The maximum atomic E-state index is 14.9. The number of rotatable bonds is 3. The van der Waals surface area contributed by atoms with E-state index in [4.69, 9.17) is 0 Å².